The van der Waals surface area contributed by atoms with Crippen molar-refractivity contribution in [2.75, 3.05) is 14.1 Å². The molecule has 0 bridgehead atoms. The van der Waals surface area contributed by atoms with Crippen molar-refractivity contribution in [1.29, 1.82) is 0 Å². The summed E-state index contributed by atoms with van der Waals surface area (Å²) >= 11 is 0. The van der Waals surface area contributed by atoms with Crippen molar-refractivity contribution in [3.63, 3.8) is 0 Å². The lowest BCUT2D eigenvalue weighted by atomic mass is 10.3. The number of nitrogens with zero attached hydrogens (tertiary/aromatic N) is 3. The molecule has 0 spiro atoms. The second kappa shape index (κ2) is 4.12. The predicted molar refractivity (Wildman–Crippen MR) is 52.9 cm³/mol. The lowest BCUT2D eigenvalue weighted by Crippen LogP contribution is -2.25. The van der Waals surface area contributed by atoms with E-state index >= 15 is 0 Å². The first-order valence-electron chi connectivity index (χ1n) is 4.49. The van der Waals surface area contributed by atoms with Gasteiger partial charge in [-0.3, -0.25) is 4.79 Å². The van der Waals surface area contributed by atoms with E-state index in [0.717, 1.165) is 0 Å². The highest BCUT2D eigenvalue weighted by molar-refractivity contribution is 6.02. The molecule has 1 amide bonds. The third-order valence-corrected chi connectivity index (χ3v) is 1.99. The topological polar surface area (TPSA) is 75.4 Å². The smallest absolute Gasteiger partial charge is 0.355 e. The van der Waals surface area contributed by atoms with E-state index in [1.165, 1.54) is 15.8 Å². The zero-order chi connectivity index (χ0) is 11.6. The fraction of sp³-hybridized carbons (Fsp3) is 0.444. The maximum absolute atomic E-state index is 11.6. The van der Waals surface area contributed by atoms with Crippen molar-refractivity contribution in [1.82, 2.24) is 14.5 Å². The molecule has 0 saturated heterocycles. The molecule has 0 fully saturated rings. The Morgan fingerprint density at radius 2 is 2.13 bits per heavy atom. The Morgan fingerprint density at radius 1 is 1.53 bits per heavy atom. The second-order valence-corrected chi connectivity index (χ2v) is 3.23. The van der Waals surface area contributed by atoms with Gasteiger partial charge >= 0.3 is 5.97 Å². The van der Waals surface area contributed by atoms with Crippen molar-refractivity contribution in [2.24, 2.45) is 0 Å². The quantitative estimate of drug-likeness (QED) is 0.780. The fourth-order valence-corrected chi connectivity index (χ4v) is 1.21. The van der Waals surface area contributed by atoms with Crippen LogP contribution in [0.3, 0.4) is 0 Å². The minimum absolute atomic E-state index is 0.0191. The Balaban J connectivity index is 3.25. The molecular weight excluding hydrogens is 198 g/mol. The molecule has 0 aromatic carbocycles. The number of imidazole rings is 1. The van der Waals surface area contributed by atoms with Gasteiger partial charge in [-0.05, 0) is 6.92 Å². The summed E-state index contributed by atoms with van der Waals surface area (Å²) in [4.78, 5) is 27.7. The van der Waals surface area contributed by atoms with Crippen LogP contribution in [0, 0.1) is 0 Å². The van der Waals surface area contributed by atoms with Gasteiger partial charge in [-0.25, -0.2) is 9.78 Å². The van der Waals surface area contributed by atoms with Crippen molar-refractivity contribution < 1.29 is 14.7 Å². The number of carbonyl (C=O) groups is 2. The summed E-state index contributed by atoms with van der Waals surface area (Å²) < 4.78 is 1.43. The molecule has 6 nitrogen and oxygen atoms in total. The molecule has 82 valence electrons. The largest absolute Gasteiger partial charge is 0.477 e. The third kappa shape index (κ3) is 1.98. The van der Waals surface area contributed by atoms with Crippen molar-refractivity contribution in [3.05, 3.63) is 17.7 Å². The molecule has 0 unspecified atom stereocenters. The van der Waals surface area contributed by atoms with E-state index in [2.05, 4.69) is 4.98 Å². The van der Waals surface area contributed by atoms with Crippen LogP contribution >= 0.6 is 0 Å². The molecule has 15 heavy (non-hydrogen) atoms. The molecular formula is C9H13N3O3. The Labute approximate surface area is 87.1 Å². The summed E-state index contributed by atoms with van der Waals surface area (Å²) in [6, 6.07) is 0. The first-order chi connectivity index (χ1) is 6.99. The predicted octanol–water partition coefficient (Wildman–Crippen LogP) is 0.303. The van der Waals surface area contributed by atoms with Gasteiger partial charge in [-0.2, -0.15) is 0 Å². The van der Waals surface area contributed by atoms with Crippen molar-refractivity contribution in [3.8, 4) is 0 Å². The van der Waals surface area contributed by atoms with Crippen LogP contribution in [-0.4, -0.2) is 45.5 Å². The van der Waals surface area contributed by atoms with Gasteiger partial charge in [0.15, 0.2) is 11.4 Å². The highest BCUT2D eigenvalue weighted by Crippen LogP contribution is 2.09. The Morgan fingerprint density at radius 3 is 2.53 bits per heavy atom. The lowest BCUT2D eigenvalue weighted by Gasteiger charge is -2.09. The number of hydrogen-bond donors (Lipinski definition) is 1. The second-order valence-electron chi connectivity index (χ2n) is 3.23. The van der Waals surface area contributed by atoms with Gasteiger partial charge in [0.2, 0.25) is 0 Å². The van der Waals surface area contributed by atoms with Gasteiger partial charge in [-0.15, -0.1) is 0 Å². The van der Waals surface area contributed by atoms with Crippen LogP contribution in [-0.2, 0) is 6.54 Å². The third-order valence-electron chi connectivity index (χ3n) is 1.99. The van der Waals surface area contributed by atoms with Crippen LogP contribution in [0.1, 0.15) is 27.9 Å². The Bertz CT molecular complexity index is 395. The molecule has 1 N–H and O–H groups in total. The molecule has 0 aliphatic carbocycles. The van der Waals surface area contributed by atoms with Gasteiger partial charge < -0.3 is 14.6 Å². The van der Waals surface area contributed by atoms with Crippen molar-refractivity contribution >= 4 is 11.9 Å². The maximum Gasteiger partial charge on any atom is 0.355 e. The van der Waals surface area contributed by atoms with E-state index < -0.39 is 11.9 Å². The van der Waals surface area contributed by atoms with Crippen LogP contribution in [0.5, 0.6) is 0 Å². The zero-order valence-electron chi connectivity index (χ0n) is 8.89. The van der Waals surface area contributed by atoms with Crippen LogP contribution in [0.4, 0.5) is 0 Å². The van der Waals surface area contributed by atoms with Crippen LogP contribution in [0.25, 0.3) is 0 Å². The summed E-state index contributed by atoms with van der Waals surface area (Å²) in [5.74, 6) is -1.54. The van der Waals surface area contributed by atoms with Gasteiger partial charge in [-0.1, -0.05) is 0 Å². The van der Waals surface area contributed by atoms with E-state index in [1.54, 1.807) is 21.0 Å². The molecule has 6 heteroatoms. The first-order valence-corrected chi connectivity index (χ1v) is 4.49. The monoisotopic (exact) mass is 211 g/mol. The number of hydrogen-bond acceptors (Lipinski definition) is 3. The maximum atomic E-state index is 11.6. The highest BCUT2D eigenvalue weighted by atomic mass is 16.4. The summed E-state index contributed by atoms with van der Waals surface area (Å²) in [6.45, 7) is 2.26. The van der Waals surface area contributed by atoms with Crippen LogP contribution < -0.4 is 0 Å². The van der Waals surface area contributed by atoms with Gasteiger partial charge in [0.05, 0.1) is 6.33 Å². The highest BCUT2D eigenvalue weighted by Gasteiger charge is 2.23. The normalized spacial score (nSPS) is 10.1. The number of aryl methyl sites for hydroxylation is 1. The number of carboxylic acid groups (broad SMARTS) is 1. The SMILES string of the molecule is CCn1cnc(C(=O)N(C)C)c1C(=O)O. The van der Waals surface area contributed by atoms with Crippen LogP contribution in [0.15, 0.2) is 6.33 Å². The standard InChI is InChI=1S/C9H13N3O3/c1-4-12-5-10-6(7(12)9(14)15)8(13)11(2)3/h5H,4H2,1-3H3,(H,14,15). The fourth-order valence-electron chi connectivity index (χ4n) is 1.21. The number of amides is 1. The number of aromatic carboxylic acids is 1. The molecule has 1 rings (SSSR count). The van der Waals surface area contributed by atoms with E-state index in [-0.39, 0.29) is 11.4 Å². The van der Waals surface area contributed by atoms with Gasteiger partial charge in [0, 0.05) is 20.6 Å². The Hall–Kier alpha value is -1.85. The minimum Gasteiger partial charge on any atom is -0.477 e. The number of carbonyl (C=O) groups excluding carboxylic acids is 1. The van der Waals surface area contributed by atoms with E-state index in [0.29, 0.717) is 6.54 Å². The summed E-state index contributed by atoms with van der Waals surface area (Å²) in [5.41, 5.74) is -0.0782. The van der Waals surface area contributed by atoms with Gasteiger partial charge in [0.25, 0.3) is 5.91 Å². The summed E-state index contributed by atoms with van der Waals surface area (Å²) in [7, 11) is 3.11. The van der Waals surface area contributed by atoms with E-state index in [1.807, 2.05) is 0 Å². The average Bonchev–Trinajstić information content (AvgIpc) is 2.59. The van der Waals surface area contributed by atoms with Crippen LogP contribution in [0.2, 0.25) is 0 Å². The Kier molecular flexibility index (Phi) is 3.08. The zero-order valence-corrected chi connectivity index (χ0v) is 8.89. The molecule has 1 aromatic rings. The summed E-state index contributed by atoms with van der Waals surface area (Å²) in [6.07, 6.45) is 1.36. The number of rotatable bonds is 3. The molecule has 0 aliphatic rings. The minimum atomic E-state index is -1.14. The van der Waals surface area contributed by atoms with E-state index in [9.17, 15) is 9.59 Å². The molecule has 0 radical (unpaired) electrons. The first kappa shape index (κ1) is 11.2. The molecule has 1 heterocycles. The molecule has 0 saturated carbocycles. The molecule has 0 atom stereocenters. The van der Waals surface area contributed by atoms with E-state index in [4.69, 9.17) is 5.11 Å². The lowest BCUT2D eigenvalue weighted by molar-refractivity contribution is 0.0673. The molecule has 1 aromatic heterocycles. The average molecular weight is 211 g/mol. The number of carboxylic acids is 1. The number of aromatic nitrogens is 2. The molecule has 0 aliphatic heterocycles. The van der Waals surface area contributed by atoms with Gasteiger partial charge in [0.1, 0.15) is 0 Å². The summed E-state index contributed by atoms with van der Waals surface area (Å²) in [5, 5.41) is 8.97. The van der Waals surface area contributed by atoms with Crippen molar-refractivity contribution in [2.45, 2.75) is 13.5 Å².